The van der Waals surface area contributed by atoms with E-state index in [0.717, 1.165) is 20.1 Å². The van der Waals surface area contributed by atoms with Crippen LogP contribution < -0.4 is 5.32 Å². The van der Waals surface area contributed by atoms with Crippen molar-refractivity contribution in [2.75, 3.05) is 5.32 Å². The molecule has 4 rings (SSSR count). The van der Waals surface area contributed by atoms with Crippen molar-refractivity contribution in [2.45, 2.75) is 9.79 Å². The fraction of sp³-hybridized carbons (Fsp3) is 0. The fourth-order valence-corrected chi connectivity index (χ4v) is 5.92. The van der Waals surface area contributed by atoms with Crippen LogP contribution >= 0.6 is 51.3 Å². The molecule has 150 valence electrons. The standard InChI is InChI=1S/C18H10BrClFN3O2S2.ClH/c19-16-8-14-17(27-16)18(23-9-22-14)24-11-4-5-15(13(20)7-11)28(25,26)12-3-1-2-10(21)6-12;/h1-9H,(H,22,23,24);1H. The molecule has 0 saturated heterocycles. The molecule has 0 atom stereocenters. The van der Waals surface area contributed by atoms with Crippen LogP contribution in [0.2, 0.25) is 5.02 Å². The van der Waals surface area contributed by atoms with Crippen molar-refractivity contribution in [3.63, 3.8) is 0 Å². The van der Waals surface area contributed by atoms with Crippen LogP contribution in [-0.2, 0) is 9.84 Å². The van der Waals surface area contributed by atoms with E-state index >= 15 is 0 Å². The van der Waals surface area contributed by atoms with Gasteiger partial charge in [-0.05, 0) is 58.4 Å². The van der Waals surface area contributed by atoms with Gasteiger partial charge < -0.3 is 5.32 Å². The number of sulfone groups is 1. The van der Waals surface area contributed by atoms with Gasteiger partial charge in [0.2, 0.25) is 9.84 Å². The summed E-state index contributed by atoms with van der Waals surface area (Å²) >= 11 is 11.1. The maximum atomic E-state index is 13.4. The quantitative estimate of drug-likeness (QED) is 0.335. The summed E-state index contributed by atoms with van der Waals surface area (Å²) < 4.78 is 40.7. The second kappa shape index (κ2) is 8.53. The van der Waals surface area contributed by atoms with E-state index in [9.17, 15) is 12.8 Å². The van der Waals surface area contributed by atoms with Crippen LogP contribution in [0.25, 0.3) is 10.2 Å². The third-order valence-corrected chi connectivity index (χ3v) is 7.74. The second-order valence-electron chi connectivity index (χ2n) is 5.72. The maximum Gasteiger partial charge on any atom is 0.208 e. The zero-order valence-electron chi connectivity index (χ0n) is 14.3. The molecule has 0 bridgehead atoms. The van der Waals surface area contributed by atoms with Crippen LogP contribution in [0.15, 0.2) is 68.4 Å². The molecule has 0 fully saturated rings. The average Bonchev–Trinajstić information content (AvgIpc) is 3.03. The van der Waals surface area contributed by atoms with Gasteiger partial charge in [0, 0.05) is 5.69 Å². The summed E-state index contributed by atoms with van der Waals surface area (Å²) in [4.78, 5) is 8.18. The van der Waals surface area contributed by atoms with E-state index in [1.807, 2.05) is 6.07 Å². The van der Waals surface area contributed by atoms with Crippen molar-refractivity contribution >= 4 is 82.8 Å². The Morgan fingerprint density at radius 3 is 2.62 bits per heavy atom. The Kier molecular flexibility index (Phi) is 6.45. The Morgan fingerprint density at radius 2 is 1.90 bits per heavy atom. The lowest BCUT2D eigenvalue weighted by atomic mass is 10.3. The number of thiophene rings is 1. The van der Waals surface area contributed by atoms with Crippen molar-refractivity contribution in [2.24, 2.45) is 0 Å². The van der Waals surface area contributed by atoms with E-state index < -0.39 is 15.7 Å². The van der Waals surface area contributed by atoms with Gasteiger partial charge in [0.15, 0.2) is 5.82 Å². The molecule has 0 aliphatic carbocycles. The largest absolute Gasteiger partial charge is 0.339 e. The topological polar surface area (TPSA) is 72.0 Å². The molecule has 0 saturated carbocycles. The van der Waals surface area contributed by atoms with E-state index in [-0.39, 0.29) is 27.2 Å². The number of rotatable bonds is 4. The van der Waals surface area contributed by atoms with E-state index in [0.29, 0.717) is 11.5 Å². The minimum atomic E-state index is -3.94. The van der Waals surface area contributed by atoms with Crippen LogP contribution in [0.5, 0.6) is 0 Å². The zero-order valence-corrected chi connectivity index (χ0v) is 19.1. The van der Waals surface area contributed by atoms with Gasteiger partial charge in [-0.15, -0.1) is 23.7 Å². The second-order valence-corrected chi connectivity index (χ2v) is 10.5. The average molecular weight is 535 g/mol. The van der Waals surface area contributed by atoms with E-state index in [2.05, 4.69) is 31.2 Å². The highest BCUT2D eigenvalue weighted by molar-refractivity contribution is 9.11. The number of anilines is 2. The molecule has 4 aromatic rings. The zero-order chi connectivity index (χ0) is 19.9. The highest BCUT2D eigenvalue weighted by atomic mass is 79.9. The molecule has 2 heterocycles. The lowest BCUT2D eigenvalue weighted by Gasteiger charge is -2.10. The van der Waals surface area contributed by atoms with Gasteiger partial charge in [-0.1, -0.05) is 17.7 Å². The molecule has 0 radical (unpaired) electrons. The molecule has 11 heteroatoms. The number of nitrogens with zero attached hydrogens (tertiary/aromatic N) is 2. The summed E-state index contributed by atoms with van der Waals surface area (Å²) in [5, 5.41) is 3.15. The first-order valence-corrected chi connectivity index (χ1v) is 11.3. The predicted molar refractivity (Wildman–Crippen MR) is 119 cm³/mol. The molecule has 2 aromatic heterocycles. The van der Waals surface area contributed by atoms with Crippen molar-refractivity contribution in [1.82, 2.24) is 9.97 Å². The number of fused-ring (bicyclic) bond motifs is 1. The lowest BCUT2D eigenvalue weighted by molar-refractivity contribution is 0.591. The molecule has 1 N–H and O–H groups in total. The first-order valence-electron chi connectivity index (χ1n) is 7.82. The Morgan fingerprint density at radius 1 is 1.10 bits per heavy atom. The monoisotopic (exact) mass is 533 g/mol. The van der Waals surface area contributed by atoms with E-state index in [1.165, 1.54) is 48.0 Å². The van der Waals surface area contributed by atoms with Crippen molar-refractivity contribution in [3.8, 4) is 0 Å². The van der Waals surface area contributed by atoms with Gasteiger partial charge in [-0.3, -0.25) is 0 Å². The van der Waals surface area contributed by atoms with Gasteiger partial charge in [0.05, 0.1) is 28.8 Å². The smallest absolute Gasteiger partial charge is 0.208 e. The molecule has 5 nitrogen and oxygen atoms in total. The van der Waals surface area contributed by atoms with E-state index in [4.69, 9.17) is 11.6 Å². The maximum absolute atomic E-state index is 13.4. The Bertz CT molecular complexity index is 1320. The van der Waals surface area contributed by atoms with Crippen LogP contribution in [0.3, 0.4) is 0 Å². The van der Waals surface area contributed by atoms with Gasteiger partial charge in [-0.25, -0.2) is 22.8 Å². The number of hydrogen-bond acceptors (Lipinski definition) is 6. The molecular formula is C18H11BrCl2FN3O2S2. The Labute approximate surface area is 189 Å². The summed E-state index contributed by atoms with van der Waals surface area (Å²) in [5.74, 6) is -0.0529. The SMILES string of the molecule is Cl.O=S(=O)(c1cccc(F)c1)c1ccc(Nc2ncnc3cc(Br)sc23)cc1Cl. The highest BCUT2D eigenvalue weighted by Gasteiger charge is 2.22. The highest BCUT2D eigenvalue weighted by Crippen LogP contribution is 2.35. The van der Waals surface area contributed by atoms with Crippen molar-refractivity contribution in [1.29, 1.82) is 0 Å². The lowest BCUT2D eigenvalue weighted by Crippen LogP contribution is -2.04. The first-order chi connectivity index (χ1) is 13.3. The number of halogens is 4. The normalized spacial score (nSPS) is 11.3. The molecule has 0 spiro atoms. The molecule has 0 unspecified atom stereocenters. The summed E-state index contributed by atoms with van der Waals surface area (Å²) in [6, 6.07) is 11.1. The molecular weight excluding hydrogens is 524 g/mol. The molecule has 0 aliphatic rings. The van der Waals surface area contributed by atoms with Crippen molar-refractivity contribution in [3.05, 3.63) is 69.5 Å². The van der Waals surface area contributed by atoms with Gasteiger partial charge in [0.1, 0.15) is 12.1 Å². The summed E-state index contributed by atoms with van der Waals surface area (Å²) in [6.45, 7) is 0. The molecule has 29 heavy (non-hydrogen) atoms. The van der Waals surface area contributed by atoms with Crippen LogP contribution in [-0.4, -0.2) is 18.4 Å². The van der Waals surface area contributed by atoms with Gasteiger partial charge >= 0.3 is 0 Å². The number of aromatic nitrogens is 2. The number of nitrogens with one attached hydrogen (secondary N) is 1. The fourth-order valence-electron chi connectivity index (χ4n) is 2.61. The van der Waals surface area contributed by atoms with Crippen LogP contribution in [0, 0.1) is 5.82 Å². The Balaban J connectivity index is 0.00000240. The van der Waals surface area contributed by atoms with Crippen LogP contribution in [0.1, 0.15) is 0 Å². The third kappa shape index (κ3) is 4.39. The summed E-state index contributed by atoms with van der Waals surface area (Å²) in [7, 11) is -3.94. The minimum absolute atomic E-state index is 0. The van der Waals surface area contributed by atoms with Gasteiger partial charge in [-0.2, -0.15) is 0 Å². The molecule has 0 aliphatic heterocycles. The summed E-state index contributed by atoms with van der Waals surface area (Å²) in [6.07, 6.45) is 1.44. The minimum Gasteiger partial charge on any atom is -0.339 e. The first kappa shape index (κ1) is 21.9. The third-order valence-electron chi connectivity index (χ3n) is 3.87. The number of benzene rings is 2. The molecule has 0 amide bonds. The summed E-state index contributed by atoms with van der Waals surface area (Å²) in [5.41, 5.74) is 1.35. The van der Waals surface area contributed by atoms with Crippen LogP contribution in [0.4, 0.5) is 15.9 Å². The predicted octanol–water partition coefficient (Wildman–Crippen LogP) is 6.24. The Hall–Kier alpha value is -1.78. The molecule has 2 aromatic carbocycles. The van der Waals surface area contributed by atoms with E-state index in [1.54, 1.807) is 6.07 Å². The van der Waals surface area contributed by atoms with Crippen molar-refractivity contribution < 1.29 is 12.8 Å². The number of hydrogen-bond donors (Lipinski definition) is 1. The van der Waals surface area contributed by atoms with Gasteiger partial charge in [0.25, 0.3) is 0 Å².